The average molecular weight is 231 g/mol. The van der Waals surface area contributed by atoms with E-state index >= 15 is 0 Å². The summed E-state index contributed by atoms with van der Waals surface area (Å²) in [7, 11) is 0. The summed E-state index contributed by atoms with van der Waals surface area (Å²) in [6, 6.07) is 2.78. The lowest BCUT2D eigenvalue weighted by molar-refractivity contribution is -0.274. The molecule has 1 aromatic rings. The van der Waals surface area contributed by atoms with E-state index in [1.165, 1.54) is 12.1 Å². The minimum atomic E-state index is -4.64. The molecule has 0 bridgehead atoms. The molecule has 0 aliphatic heterocycles. The molecule has 5 heteroatoms. The molecule has 1 aliphatic carbocycles. The topological polar surface area (TPSA) is 35.2 Å². The minimum absolute atomic E-state index is 0.101. The first-order valence-corrected chi connectivity index (χ1v) is 5.13. The Bertz CT molecular complexity index is 401. The fraction of sp³-hybridized carbons (Fsp3) is 0.455. The van der Waals surface area contributed by atoms with Gasteiger partial charge in [-0.1, -0.05) is 0 Å². The van der Waals surface area contributed by atoms with Crippen LogP contribution in [-0.2, 0) is 12.8 Å². The number of nitrogens with two attached hydrogens (primary N) is 1. The van der Waals surface area contributed by atoms with Gasteiger partial charge in [0.25, 0.3) is 0 Å². The quantitative estimate of drug-likeness (QED) is 0.754. The Morgan fingerprint density at radius 2 is 1.69 bits per heavy atom. The van der Waals surface area contributed by atoms with E-state index in [1.807, 2.05) is 0 Å². The lowest BCUT2D eigenvalue weighted by Crippen LogP contribution is -2.19. The molecule has 88 valence electrons. The fourth-order valence-electron chi connectivity index (χ4n) is 2.08. The predicted octanol–water partition coefficient (Wildman–Crippen LogP) is 3.05. The van der Waals surface area contributed by atoms with Gasteiger partial charge >= 0.3 is 6.36 Å². The van der Waals surface area contributed by atoms with Crippen LogP contribution in [0.5, 0.6) is 5.75 Å². The summed E-state index contributed by atoms with van der Waals surface area (Å²) in [4.78, 5) is 0. The zero-order valence-corrected chi connectivity index (χ0v) is 8.60. The summed E-state index contributed by atoms with van der Waals surface area (Å²) >= 11 is 0. The number of alkyl halides is 3. The lowest BCUT2D eigenvalue weighted by atomic mass is 9.90. The Labute approximate surface area is 91.2 Å². The molecule has 0 fully saturated rings. The van der Waals surface area contributed by atoms with Crippen molar-refractivity contribution in [1.82, 2.24) is 0 Å². The zero-order valence-electron chi connectivity index (χ0n) is 8.60. The summed E-state index contributed by atoms with van der Waals surface area (Å²) in [5.74, 6) is -0.101. The van der Waals surface area contributed by atoms with Crippen molar-refractivity contribution in [3.05, 3.63) is 23.3 Å². The third-order valence-corrected chi connectivity index (χ3v) is 2.75. The molecule has 2 rings (SSSR count). The number of ether oxygens (including phenoxy) is 1. The molecule has 2 N–H and O–H groups in total. The smallest absolute Gasteiger partial charge is 0.405 e. The summed E-state index contributed by atoms with van der Waals surface area (Å²) in [5.41, 5.74) is 7.72. The van der Waals surface area contributed by atoms with Crippen LogP contribution in [0.25, 0.3) is 0 Å². The Hall–Kier alpha value is -1.39. The second kappa shape index (κ2) is 3.88. The van der Waals surface area contributed by atoms with E-state index in [4.69, 9.17) is 5.73 Å². The van der Waals surface area contributed by atoms with Gasteiger partial charge in [0.1, 0.15) is 5.75 Å². The van der Waals surface area contributed by atoms with Crippen LogP contribution in [0.2, 0.25) is 0 Å². The van der Waals surface area contributed by atoms with Crippen LogP contribution in [0.3, 0.4) is 0 Å². The van der Waals surface area contributed by atoms with E-state index in [2.05, 4.69) is 4.74 Å². The fourth-order valence-corrected chi connectivity index (χ4v) is 2.08. The number of anilines is 1. The van der Waals surface area contributed by atoms with Crippen molar-refractivity contribution in [2.24, 2.45) is 0 Å². The van der Waals surface area contributed by atoms with Crippen molar-refractivity contribution < 1.29 is 17.9 Å². The Morgan fingerprint density at radius 3 is 2.31 bits per heavy atom. The number of hydrogen-bond donors (Lipinski definition) is 1. The lowest BCUT2D eigenvalue weighted by Gasteiger charge is -2.21. The van der Waals surface area contributed by atoms with Crippen molar-refractivity contribution in [2.75, 3.05) is 5.73 Å². The van der Waals surface area contributed by atoms with Gasteiger partial charge in [-0.15, -0.1) is 13.2 Å². The predicted molar refractivity (Wildman–Crippen MR) is 54.2 cm³/mol. The van der Waals surface area contributed by atoms with Crippen LogP contribution in [0.1, 0.15) is 24.0 Å². The van der Waals surface area contributed by atoms with Crippen molar-refractivity contribution in [1.29, 1.82) is 0 Å². The number of nitrogen functional groups attached to an aromatic ring is 1. The Morgan fingerprint density at radius 1 is 1.06 bits per heavy atom. The van der Waals surface area contributed by atoms with Gasteiger partial charge in [0.05, 0.1) is 0 Å². The third-order valence-electron chi connectivity index (χ3n) is 2.75. The monoisotopic (exact) mass is 231 g/mol. The van der Waals surface area contributed by atoms with E-state index in [0.29, 0.717) is 17.7 Å². The van der Waals surface area contributed by atoms with Crippen LogP contribution in [0, 0.1) is 0 Å². The molecule has 0 radical (unpaired) electrons. The van der Waals surface area contributed by atoms with E-state index in [-0.39, 0.29) is 5.75 Å². The normalized spacial score (nSPS) is 15.7. The van der Waals surface area contributed by atoms with E-state index in [9.17, 15) is 13.2 Å². The molecular weight excluding hydrogens is 219 g/mol. The molecule has 16 heavy (non-hydrogen) atoms. The maximum atomic E-state index is 12.2. The number of halogens is 3. The second-order valence-corrected chi connectivity index (χ2v) is 3.86. The highest BCUT2D eigenvalue weighted by Crippen LogP contribution is 2.35. The molecular formula is C11H12F3NO. The molecule has 0 unspecified atom stereocenters. The SMILES string of the molecule is Nc1ccc(OC(F)(F)F)c2c1CCCC2. The second-order valence-electron chi connectivity index (χ2n) is 3.86. The minimum Gasteiger partial charge on any atom is -0.405 e. The van der Waals surface area contributed by atoms with Gasteiger partial charge in [-0.3, -0.25) is 0 Å². The molecule has 0 spiro atoms. The summed E-state index contributed by atoms with van der Waals surface area (Å²) in [6.45, 7) is 0. The molecule has 0 heterocycles. The Balaban J connectivity index is 2.39. The maximum absolute atomic E-state index is 12.2. The van der Waals surface area contributed by atoms with Gasteiger partial charge < -0.3 is 10.5 Å². The van der Waals surface area contributed by atoms with Gasteiger partial charge in [0, 0.05) is 5.69 Å². The highest BCUT2D eigenvalue weighted by atomic mass is 19.4. The van der Waals surface area contributed by atoms with Gasteiger partial charge in [-0.05, 0) is 48.9 Å². The number of fused-ring (bicyclic) bond motifs is 1. The van der Waals surface area contributed by atoms with Crippen LogP contribution >= 0.6 is 0 Å². The van der Waals surface area contributed by atoms with Crippen LogP contribution in [0.15, 0.2) is 12.1 Å². The maximum Gasteiger partial charge on any atom is 0.573 e. The first kappa shape index (κ1) is 11.1. The molecule has 0 saturated heterocycles. The molecule has 0 atom stereocenters. The number of rotatable bonds is 1. The van der Waals surface area contributed by atoms with E-state index < -0.39 is 6.36 Å². The summed E-state index contributed by atoms with van der Waals surface area (Å²) in [5, 5.41) is 0. The highest BCUT2D eigenvalue weighted by molar-refractivity contribution is 5.57. The summed E-state index contributed by atoms with van der Waals surface area (Å²) in [6.07, 6.45) is -1.46. The van der Waals surface area contributed by atoms with Gasteiger partial charge in [0.2, 0.25) is 0 Å². The molecule has 1 aromatic carbocycles. The van der Waals surface area contributed by atoms with Crippen LogP contribution in [0.4, 0.5) is 18.9 Å². The third kappa shape index (κ3) is 2.23. The van der Waals surface area contributed by atoms with Gasteiger partial charge in [-0.25, -0.2) is 0 Å². The molecule has 0 amide bonds. The first-order valence-electron chi connectivity index (χ1n) is 5.13. The van der Waals surface area contributed by atoms with Gasteiger partial charge in [0.15, 0.2) is 0 Å². The molecule has 0 saturated carbocycles. The Kier molecular flexibility index (Phi) is 2.69. The van der Waals surface area contributed by atoms with Crippen molar-refractivity contribution in [3.8, 4) is 5.75 Å². The van der Waals surface area contributed by atoms with Gasteiger partial charge in [-0.2, -0.15) is 0 Å². The largest absolute Gasteiger partial charge is 0.573 e. The first-order chi connectivity index (χ1) is 7.47. The van der Waals surface area contributed by atoms with Crippen LogP contribution in [-0.4, -0.2) is 6.36 Å². The summed E-state index contributed by atoms with van der Waals surface area (Å²) < 4.78 is 40.5. The van der Waals surface area contributed by atoms with E-state index in [1.54, 1.807) is 0 Å². The van der Waals surface area contributed by atoms with E-state index in [0.717, 1.165) is 24.8 Å². The molecule has 0 aromatic heterocycles. The van der Waals surface area contributed by atoms with Crippen LogP contribution < -0.4 is 10.5 Å². The number of benzene rings is 1. The zero-order chi connectivity index (χ0) is 11.8. The average Bonchev–Trinajstić information content (AvgIpc) is 2.21. The number of hydrogen-bond acceptors (Lipinski definition) is 2. The molecule has 1 aliphatic rings. The van der Waals surface area contributed by atoms with Crippen molar-refractivity contribution >= 4 is 5.69 Å². The van der Waals surface area contributed by atoms with Crippen molar-refractivity contribution in [3.63, 3.8) is 0 Å². The molecule has 2 nitrogen and oxygen atoms in total. The van der Waals surface area contributed by atoms with Crippen molar-refractivity contribution in [2.45, 2.75) is 32.0 Å². The highest BCUT2D eigenvalue weighted by Gasteiger charge is 2.33. The standard InChI is InChI=1S/C11H12F3NO/c12-11(13,14)16-10-6-5-9(15)7-3-1-2-4-8(7)10/h5-6H,1-4,15H2.